The van der Waals surface area contributed by atoms with Crippen molar-refractivity contribution in [2.24, 2.45) is 0 Å². The van der Waals surface area contributed by atoms with E-state index in [1.165, 1.54) is 14.0 Å². The number of aromatic nitrogens is 1. The molecular weight excluding hydrogens is 353 g/mol. The number of halogens is 3. The minimum Gasteiger partial charge on any atom is -0.465 e. The van der Waals surface area contributed by atoms with E-state index >= 15 is 0 Å². The zero-order valence-corrected chi connectivity index (χ0v) is 14.2. The summed E-state index contributed by atoms with van der Waals surface area (Å²) in [7, 11) is 1.27. The quantitative estimate of drug-likeness (QED) is 0.594. The first-order valence-electron chi connectivity index (χ1n) is 7.05. The predicted octanol–water partition coefficient (Wildman–Crippen LogP) is 4.36. The van der Waals surface area contributed by atoms with Gasteiger partial charge >= 0.3 is 12.1 Å². The van der Waals surface area contributed by atoms with Crippen molar-refractivity contribution in [1.29, 1.82) is 5.26 Å². The van der Waals surface area contributed by atoms with E-state index in [9.17, 15) is 18.0 Å². The lowest BCUT2D eigenvalue weighted by molar-refractivity contribution is -0.138. The maximum absolute atomic E-state index is 13.1. The van der Waals surface area contributed by atoms with Crippen LogP contribution in [0.2, 0.25) is 0 Å². The number of ether oxygens (including phenoxy) is 1. The van der Waals surface area contributed by atoms with Crippen molar-refractivity contribution < 1.29 is 22.7 Å². The number of aryl methyl sites for hydroxylation is 1. The van der Waals surface area contributed by atoms with Crippen LogP contribution in [0.15, 0.2) is 35.4 Å². The molecule has 0 amide bonds. The molecule has 4 nitrogen and oxygen atoms in total. The number of benzene rings is 1. The first kappa shape index (κ1) is 18.8. The average molecular weight is 366 g/mol. The Bertz CT molecular complexity index is 828. The third-order valence-electron chi connectivity index (χ3n) is 3.28. The first-order valence-corrected chi connectivity index (χ1v) is 8.03. The van der Waals surface area contributed by atoms with Gasteiger partial charge in [0.2, 0.25) is 0 Å². The van der Waals surface area contributed by atoms with Crippen LogP contribution >= 0.6 is 11.8 Å². The van der Waals surface area contributed by atoms with Crippen LogP contribution < -0.4 is 0 Å². The normalized spacial score (nSPS) is 11.0. The van der Waals surface area contributed by atoms with Gasteiger partial charge in [-0.05, 0) is 30.7 Å². The van der Waals surface area contributed by atoms with Gasteiger partial charge < -0.3 is 4.74 Å². The SMILES string of the molecule is COC(=O)c1ccc(CSc2nc(C)cc(C(F)(F)F)c2C#N)cc1. The van der Waals surface area contributed by atoms with E-state index in [2.05, 4.69) is 9.72 Å². The molecule has 0 spiro atoms. The van der Waals surface area contributed by atoms with E-state index in [1.807, 2.05) is 0 Å². The van der Waals surface area contributed by atoms with Crippen LogP contribution in [0.1, 0.15) is 32.7 Å². The van der Waals surface area contributed by atoms with Gasteiger partial charge in [0, 0.05) is 11.4 Å². The second-order valence-electron chi connectivity index (χ2n) is 5.08. The number of carbonyl (C=O) groups excluding carboxylic acids is 1. The van der Waals surface area contributed by atoms with Gasteiger partial charge in [-0.15, -0.1) is 11.8 Å². The lowest BCUT2D eigenvalue weighted by Crippen LogP contribution is -2.10. The highest BCUT2D eigenvalue weighted by Gasteiger charge is 2.35. The van der Waals surface area contributed by atoms with Crippen LogP contribution in [0.5, 0.6) is 0 Å². The molecule has 1 aromatic heterocycles. The molecule has 0 radical (unpaired) electrons. The molecule has 0 unspecified atom stereocenters. The minimum absolute atomic E-state index is 0.0341. The standard InChI is InChI=1S/C17H13F3N2O2S/c1-10-7-14(17(18,19)20)13(8-21)15(22-10)25-9-11-3-5-12(6-4-11)16(23)24-2/h3-7H,9H2,1-2H3. The molecule has 0 aliphatic carbocycles. The third kappa shape index (κ3) is 4.51. The summed E-state index contributed by atoms with van der Waals surface area (Å²) in [5.41, 5.74) is -0.115. The molecule has 25 heavy (non-hydrogen) atoms. The van der Waals surface area contributed by atoms with E-state index in [0.717, 1.165) is 23.4 Å². The number of carbonyl (C=O) groups is 1. The molecule has 0 aliphatic rings. The Hall–Kier alpha value is -2.53. The summed E-state index contributed by atoms with van der Waals surface area (Å²) >= 11 is 1.04. The van der Waals surface area contributed by atoms with Gasteiger partial charge in [-0.3, -0.25) is 0 Å². The molecule has 1 heterocycles. The van der Waals surface area contributed by atoms with Crippen molar-refractivity contribution in [2.75, 3.05) is 7.11 Å². The lowest BCUT2D eigenvalue weighted by Gasteiger charge is -2.12. The van der Waals surface area contributed by atoms with Crippen LogP contribution in [0.4, 0.5) is 13.2 Å². The summed E-state index contributed by atoms with van der Waals surface area (Å²) in [6, 6.07) is 8.95. The van der Waals surface area contributed by atoms with E-state index in [4.69, 9.17) is 5.26 Å². The van der Waals surface area contributed by atoms with Gasteiger partial charge in [-0.1, -0.05) is 12.1 Å². The zero-order valence-electron chi connectivity index (χ0n) is 13.3. The van der Waals surface area contributed by atoms with Crippen LogP contribution in [0, 0.1) is 18.3 Å². The van der Waals surface area contributed by atoms with E-state index < -0.39 is 23.3 Å². The average Bonchev–Trinajstić information content (AvgIpc) is 2.58. The summed E-state index contributed by atoms with van der Waals surface area (Å²) in [6.45, 7) is 1.45. The number of hydrogen-bond donors (Lipinski definition) is 0. The van der Waals surface area contributed by atoms with Crippen molar-refractivity contribution in [3.8, 4) is 6.07 Å². The summed E-state index contributed by atoms with van der Waals surface area (Å²) in [4.78, 5) is 15.4. The van der Waals surface area contributed by atoms with Crippen LogP contribution in [-0.2, 0) is 16.7 Å². The number of alkyl halides is 3. The minimum atomic E-state index is -4.61. The number of nitriles is 1. The van der Waals surface area contributed by atoms with Crippen LogP contribution in [0.3, 0.4) is 0 Å². The number of methoxy groups -OCH3 is 1. The summed E-state index contributed by atoms with van der Waals surface area (Å²) in [5.74, 6) is -0.162. The summed E-state index contributed by atoms with van der Waals surface area (Å²) in [5, 5.41) is 9.15. The molecule has 8 heteroatoms. The molecule has 0 N–H and O–H groups in total. The zero-order chi connectivity index (χ0) is 18.6. The maximum atomic E-state index is 13.1. The number of rotatable bonds is 4. The highest BCUT2D eigenvalue weighted by molar-refractivity contribution is 7.98. The highest BCUT2D eigenvalue weighted by Crippen LogP contribution is 2.36. The molecule has 2 aromatic rings. The van der Waals surface area contributed by atoms with E-state index in [1.54, 1.807) is 30.3 Å². The predicted molar refractivity (Wildman–Crippen MR) is 86.0 cm³/mol. The molecule has 0 saturated heterocycles. The van der Waals surface area contributed by atoms with Crippen LogP contribution in [-0.4, -0.2) is 18.1 Å². The molecular formula is C17H13F3N2O2S. The molecule has 0 atom stereocenters. The molecule has 2 rings (SSSR count). The van der Waals surface area contributed by atoms with Crippen LogP contribution in [0.25, 0.3) is 0 Å². The fourth-order valence-electron chi connectivity index (χ4n) is 2.09. The summed E-state index contributed by atoms with van der Waals surface area (Å²) < 4.78 is 43.8. The first-order chi connectivity index (χ1) is 11.8. The molecule has 1 aromatic carbocycles. The Morgan fingerprint density at radius 2 is 1.96 bits per heavy atom. The Labute approximate surface area is 146 Å². The topological polar surface area (TPSA) is 63.0 Å². The summed E-state index contributed by atoms with van der Waals surface area (Å²) in [6.07, 6.45) is -4.61. The van der Waals surface area contributed by atoms with Gasteiger partial charge in [0.1, 0.15) is 11.1 Å². The second kappa shape index (κ2) is 7.57. The number of hydrogen-bond acceptors (Lipinski definition) is 5. The van der Waals surface area contributed by atoms with E-state index in [0.29, 0.717) is 11.3 Å². The Morgan fingerprint density at radius 3 is 2.48 bits per heavy atom. The van der Waals surface area contributed by atoms with E-state index in [-0.39, 0.29) is 10.7 Å². The second-order valence-corrected chi connectivity index (χ2v) is 6.04. The van der Waals surface area contributed by atoms with Gasteiger partial charge in [-0.2, -0.15) is 18.4 Å². The third-order valence-corrected chi connectivity index (χ3v) is 4.33. The van der Waals surface area contributed by atoms with Crippen molar-refractivity contribution in [1.82, 2.24) is 4.98 Å². The Balaban J connectivity index is 2.25. The number of pyridine rings is 1. The van der Waals surface area contributed by atoms with Crippen molar-refractivity contribution in [3.63, 3.8) is 0 Å². The smallest absolute Gasteiger partial charge is 0.417 e. The fourth-order valence-corrected chi connectivity index (χ4v) is 3.09. The van der Waals surface area contributed by atoms with Crippen molar-refractivity contribution in [2.45, 2.75) is 23.9 Å². The highest BCUT2D eigenvalue weighted by atomic mass is 32.2. The van der Waals surface area contributed by atoms with Crippen molar-refractivity contribution in [3.05, 3.63) is 58.3 Å². The maximum Gasteiger partial charge on any atom is 0.417 e. The monoisotopic (exact) mass is 366 g/mol. The Morgan fingerprint density at radius 1 is 1.32 bits per heavy atom. The largest absolute Gasteiger partial charge is 0.465 e. The lowest BCUT2D eigenvalue weighted by atomic mass is 10.1. The number of nitrogens with zero attached hydrogens (tertiary/aromatic N) is 2. The fraction of sp³-hybridized carbons (Fsp3) is 0.235. The van der Waals surface area contributed by atoms with Crippen molar-refractivity contribution >= 4 is 17.7 Å². The Kier molecular flexibility index (Phi) is 5.69. The molecule has 0 fully saturated rings. The van der Waals surface area contributed by atoms with Gasteiger partial charge in [0.05, 0.1) is 23.8 Å². The van der Waals surface area contributed by atoms with Gasteiger partial charge in [-0.25, -0.2) is 9.78 Å². The molecule has 130 valence electrons. The van der Waals surface area contributed by atoms with Gasteiger partial charge in [0.15, 0.2) is 0 Å². The molecule has 0 saturated carbocycles. The number of thioether (sulfide) groups is 1. The van der Waals surface area contributed by atoms with Gasteiger partial charge in [0.25, 0.3) is 0 Å². The molecule has 0 aliphatic heterocycles. The molecule has 0 bridgehead atoms. The number of esters is 1.